The van der Waals surface area contributed by atoms with E-state index in [0.29, 0.717) is 12.3 Å². The lowest BCUT2D eigenvalue weighted by Gasteiger charge is -2.33. The van der Waals surface area contributed by atoms with Gasteiger partial charge in [-0.05, 0) is 38.0 Å². The summed E-state index contributed by atoms with van der Waals surface area (Å²) in [7, 11) is 0. The number of hydrogen-bond donors (Lipinski definition) is 0. The van der Waals surface area contributed by atoms with Crippen molar-refractivity contribution in [3.63, 3.8) is 0 Å². The number of nitrogens with zero attached hydrogens (tertiary/aromatic N) is 1. The summed E-state index contributed by atoms with van der Waals surface area (Å²) in [5.41, 5.74) is 0.139. The van der Waals surface area contributed by atoms with Gasteiger partial charge in [-0.25, -0.2) is 0 Å². The van der Waals surface area contributed by atoms with E-state index in [4.69, 9.17) is 0 Å². The van der Waals surface area contributed by atoms with Crippen LogP contribution >= 0.6 is 0 Å². The largest absolute Gasteiger partial charge is 0.339 e. The molecule has 102 valence electrons. The molecule has 0 aromatic rings. The van der Waals surface area contributed by atoms with Gasteiger partial charge in [0.1, 0.15) is 5.78 Å². The molecule has 2 unspecified atom stereocenters. The van der Waals surface area contributed by atoms with Gasteiger partial charge in [0.25, 0.3) is 0 Å². The highest BCUT2D eigenvalue weighted by Gasteiger charge is 2.43. The van der Waals surface area contributed by atoms with Crippen molar-refractivity contribution in [2.75, 3.05) is 6.54 Å². The summed E-state index contributed by atoms with van der Waals surface area (Å²) in [6, 6.07) is 0.173. The summed E-state index contributed by atoms with van der Waals surface area (Å²) in [5.74, 6) is 0.677. The van der Waals surface area contributed by atoms with Gasteiger partial charge < -0.3 is 4.90 Å². The number of amides is 1. The Bertz CT molecular complexity index is 348. The molecule has 1 amide bonds. The van der Waals surface area contributed by atoms with E-state index < -0.39 is 0 Å². The predicted octanol–water partition coefficient (Wildman–Crippen LogP) is 2.78. The minimum absolute atomic E-state index is 0.139. The van der Waals surface area contributed by atoms with Crippen LogP contribution in [0.1, 0.15) is 59.3 Å². The third-order valence-corrected chi connectivity index (χ3v) is 4.74. The van der Waals surface area contributed by atoms with Crippen LogP contribution in [0, 0.1) is 11.3 Å². The van der Waals surface area contributed by atoms with Crippen LogP contribution in [-0.4, -0.2) is 29.2 Å². The molecule has 0 aromatic carbocycles. The molecule has 0 N–H and O–H groups in total. The highest BCUT2D eigenvalue weighted by Crippen LogP contribution is 2.44. The van der Waals surface area contributed by atoms with Crippen LogP contribution in [0.5, 0.6) is 0 Å². The number of likely N-dealkylation sites (tertiary alicyclic amines) is 1. The summed E-state index contributed by atoms with van der Waals surface area (Å²) in [6.07, 6.45) is 5.92. The van der Waals surface area contributed by atoms with Crippen molar-refractivity contribution in [1.82, 2.24) is 4.90 Å². The Morgan fingerprint density at radius 1 is 1.22 bits per heavy atom. The minimum Gasteiger partial charge on any atom is -0.339 e. The van der Waals surface area contributed by atoms with E-state index in [9.17, 15) is 9.59 Å². The second-order valence-corrected chi connectivity index (χ2v) is 6.67. The van der Waals surface area contributed by atoms with E-state index >= 15 is 0 Å². The van der Waals surface area contributed by atoms with Gasteiger partial charge >= 0.3 is 0 Å². The van der Waals surface area contributed by atoms with Crippen LogP contribution in [0.15, 0.2) is 0 Å². The molecule has 18 heavy (non-hydrogen) atoms. The van der Waals surface area contributed by atoms with Crippen molar-refractivity contribution in [3.05, 3.63) is 0 Å². The second kappa shape index (κ2) is 5.02. The van der Waals surface area contributed by atoms with Crippen molar-refractivity contribution in [2.24, 2.45) is 11.3 Å². The first-order chi connectivity index (χ1) is 8.42. The lowest BCUT2D eigenvalue weighted by molar-refractivity contribution is -0.139. The maximum Gasteiger partial charge on any atom is 0.226 e. The molecular formula is C15H25NO2. The van der Waals surface area contributed by atoms with Gasteiger partial charge in [-0.1, -0.05) is 20.3 Å². The van der Waals surface area contributed by atoms with Gasteiger partial charge in [-0.15, -0.1) is 0 Å². The standard InChI is InChI=1S/C15H25NO2/c1-11(17)10-12-6-5-9-16(12)14(18)13-7-4-8-15(13,2)3/h12-13H,4-10H2,1-3H3. The Morgan fingerprint density at radius 2 is 1.94 bits per heavy atom. The molecule has 1 saturated carbocycles. The van der Waals surface area contributed by atoms with Crippen LogP contribution < -0.4 is 0 Å². The first kappa shape index (κ1) is 13.6. The van der Waals surface area contributed by atoms with Crippen LogP contribution in [0.3, 0.4) is 0 Å². The highest BCUT2D eigenvalue weighted by molar-refractivity contribution is 5.82. The quantitative estimate of drug-likeness (QED) is 0.773. The zero-order chi connectivity index (χ0) is 13.3. The minimum atomic E-state index is 0.139. The number of rotatable bonds is 3. The molecule has 3 heteroatoms. The van der Waals surface area contributed by atoms with Crippen LogP contribution in [-0.2, 0) is 9.59 Å². The molecule has 2 aliphatic rings. The summed E-state index contributed by atoms with van der Waals surface area (Å²) in [5, 5.41) is 0. The van der Waals surface area contributed by atoms with Crippen molar-refractivity contribution in [1.29, 1.82) is 0 Å². The van der Waals surface area contributed by atoms with Gasteiger partial charge in [0, 0.05) is 24.9 Å². The van der Waals surface area contributed by atoms with Gasteiger partial charge in [-0.3, -0.25) is 9.59 Å². The van der Waals surface area contributed by atoms with Gasteiger partial charge in [-0.2, -0.15) is 0 Å². The molecule has 1 saturated heterocycles. The first-order valence-corrected chi connectivity index (χ1v) is 7.22. The molecular weight excluding hydrogens is 226 g/mol. The fraction of sp³-hybridized carbons (Fsp3) is 0.867. The van der Waals surface area contributed by atoms with Crippen molar-refractivity contribution in [3.8, 4) is 0 Å². The third-order valence-electron chi connectivity index (χ3n) is 4.74. The lowest BCUT2D eigenvalue weighted by Crippen LogP contribution is -2.43. The Kier molecular flexibility index (Phi) is 3.79. The fourth-order valence-corrected chi connectivity index (χ4v) is 3.65. The first-order valence-electron chi connectivity index (χ1n) is 7.22. The summed E-state index contributed by atoms with van der Waals surface area (Å²) < 4.78 is 0. The smallest absolute Gasteiger partial charge is 0.226 e. The lowest BCUT2D eigenvalue weighted by atomic mass is 9.81. The van der Waals surface area contributed by atoms with E-state index in [1.165, 1.54) is 0 Å². The maximum absolute atomic E-state index is 12.7. The Balaban J connectivity index is 2.06. The molecule has 2 atom stereocenters. The molecule has 0 bridgehead atoms. The molecule has 2 rings (SSSR count). The zero-order valence-electron chi connectivity index (χ0n) is 11.9. The maximum atomic E-state index is 12.7. The Morgan fingerprint density at radius 3 is 2.50 bits per heavy atom. The van der Waals surface area contributed by atoms with Gasteiger partial charge in [0.05, 0.1) is 0 Å². The normalized spacial score (nSPS) is 30.7. The molecule has 2 fully saturated rings. The Hall–Kier alpha value is -0.860. The summed E-state index contributed by atoms with van der Waals surface area (Å²) in [4.78, 5) is 25.9. The SMILES string of the molecule is CC(=O)CC1CCCN1C(=O)C1CCCC1(C)C. The number of carbonyl (C=O) groups is 2. The molecule has 3 nitrogen and oxygen atoms in total. The van der Waals surface area contributed by atoms with E-state index in [-0.39, 0.29) is 23.2 Å². The zero-order valence-corrected chi connectivity index (χ0v) is 11.9. The van der Waals surface area contributed by atoms with Crippen molar-refractivity contribution < 1.29 is 9.59 Å². The number of carbonyl (C=O) groups excluding carboxylic acids is 2. The summed E-state index contributed by atoms with van der Waals surface area (Å²) >= 11 is 0. The third kappa shape index (κ3) is 2.60. The molecule has 1 heterocycles. The second-order valence-electron chi connectivity index (χ2n) is 6.67. The van der Waals surface area contributed by atoms with Crippen LogP contribution in [0.25, 0.3) is 0 Å². The van der Waals surface area contributed by atoms with Crippen LogP contribution in [0.2, 0.25) is 0 Å². The van der Waals surface area contributed by atoms with Gasteiger partial charge in [0.15, 0.2) is 0 Å². The monoisotopic (exact) mass is 251 g/mol. The fourth-order valence-electron chi connectivity index (χ4n) is 3.65. The molecule has 0 aromatic heterocycles. The van der Waals surface area contributed by atoms with Crippen LogP contribution in [0.4, 0.5) is 0 Å². The van der Waals surface area contributed by atoms with E-state index in [1.54, 1.807) is 6.92 Å². The van der Waals surface area contributed by atoms with E-state index in [1.807, 2.05) is 4.90 Å². The van der Waals surface area contributed by atoms with Gasteiger partial charge in [0.2, 0.25) is 5.91 Å². The average Bonchev–Trinajstić information content (AvgIpc) is 2.82. The van der Waals surface area contributed by atoms with Crippen molar-refractivity contribution in [2.45, 2.75) is 65.3 Å². The van der Waals surface area contributed by atoms with E-state index in [2.05, 4.69) is 13.8 Å². The topological polar surface area (TPSA) is 37.4 Å². The molecule has 1 aliphatic carbocycles. The highest BCUT2D eigenvalue weighted by atomic mass is 16.2. The predicted molar refractivity (Wildman–Crippen MR) is 71.2 cm³/mol. The molecule has 0 spiro atoms. The number of Topliss-reactive ketones (excluding diaryl/α,β-unsaturated/α-hetero) is 1. The summed E-state index contributed by atoms with van der Waals surface area (Å²) in [6.45, 7) is 6.89. The number of hydrogen-bond acceptors (Lipinski definition) is 2. The molecule has 0 radical (unpaired) electrons. The average molecular weight is 251 g/mol. The van der Waals surface area contributed by atoms with Crippen molar-refractivity contribution >= 4 is 11.7 Å². The number of ketones is 1. The molecule has 1 aliphatic heterocycles. The Labute approximate surface area is 110 Å². The van der Waals surface area contributed by atoms with E-state index in [0.717, 1.165) is 38.6 Å².